The van der Waals surface area contributed by atoms with Crippen LogP contribution in [-0.4, -0.2) is 16.2 Å². The van der Waals surface area contributed by atoms with Gasteiger partial charge >= 0.3 is 0 Å². The number of halogens is 3. The fourth-order valence-electron chi connectivity index (χ4n) is 1.67. The highest BCUT2D eigenvalue weighted by Crippen LogP contribution is 2.31. The molecule has 1 heterocycles. The average Bonchev–Trinajstić information content (AvgIpc) is 2.70. The molecular weight excluding hydrogens is 276 g/mol. The van der Waals surface area contributed by atoms with Crippen molar-refractivity contribution in [2.75, 3.05) is 0 Å². The average molecular weight is 288 g/mol. The Balaban J connectivity index is 2.37. The summed E-state index contributed by atoms with van der Waals surface area (Å²) in [6.07, 6.45) is 0.667. The normalized spacial score (nSPS) is 12.7. The fraction of sp³-hybridized carbons (Fsp3) is 0.250. The maximum Gasteiger partial charge on any atom is 0.142 e. The number of aromatic nitrogens is 2. The molecular formula is C12H12Cl2FN3. The van der Waals surface area contributed by atoms with Crippen molar-refractivity contribution in [3.63, 3.8) is 0 Å². The molecule has 1 unspecified atom stereocenters. The van der Waals surface area contributed by atoms with E-state index in [1.165, 1.54) is 12.1 Å². The third-order valence-electron chi connectivity index (χ3n) is 2.46. The Morgan fingerprint density at radius 1 is 1.33 bits per heavy atom. The van der Waals surface area contributed by atoms with Crippen molar-refractivity contribution in [1.29, 1.82) is 0 Å². The summed E-state index contributed by atoms with van der Waals surface area (Å²) >= 11 is 11.7. The first-order valence-corrected chi connectivity index (χ1v) is 6.17. The molecule has 96 valence electrons. The van der Waals surface area contributed by atoms with E-state index >= 15 is 0 Å². The number of aromatic amines is 1. The van der Waals surface area contributed by atoms with Gasteiger partial charge < -0.3 is 5.73 Å². The van der Waals surface area contributed by atoms with Gasteiger partial charge in [0.25, 0.3) is 0 Å². The number of nitrogens with one attached hydrogen (secondary N) is 1. The number of H-pyrrole nitrogens is 1. The highest BCUT2D eigenvalue weighted by Gasteiger charge is 2.12. The van der Waals surface area contributed by atoms with Crippen LogP contribution in [0, 0.1) is 5.82 Å². The van der Waals surface area contributed by atoms with Crippen molar-refractivity contribution >= 4 is 23.2 Å². The van der Waals surface area contributed by atoms with E-state index in [0.29, 0.717) is 22.7 Å². The molecule has 2 aromatic rings. The van der Waals surface area contributed by atoms with Gasteiger partial charge in [0.2, 0.25) is 0 Å². The van der Waals surface area contributed by atoms with Gasteiger partial charge in [-0.1, -0.05) is 23.2 Å². The van der Waals surface area contributed by atoms with Gasteiger partial charge in [0, 0.05) is 23.7 Å². The quantitative estimate of drug-likeness (QED) is 0.850. The lowest BCUT2D eigenvalue weighted by Gasteiger charge is -2.02. The van der Waals surface area contributed by atoms with E-state index in [4.69, 9.17) is 28.9 Å². The van der Waals surface area contributed by atoms with Crippen molar-refractivity contribution in [3.05, 3.63) is 39.8 Å². The molecule has 1 atom stereocenters. The Morgan fingerprint density at radius 3 is 2.72 bits per heavy atom. The topological polar surface area (TPSA) is 54.7 Å². The van der Waals surface area contributed by atoms with Gasteiger partial charge in [-0.2, -0.15) is 5.10 Å². The standard InChI is InChI=1S/C12H12Cl2FN3/c1-6(16)2-7-3-12(18-17-7)8-4-11(15)10(14)5-9(8)13/h3-6H,2,16H2,1H3,(H,17,18). The number of nitrogens with zero attached hydrogens (tertiary/aromatic N) is 1. The minimum atomic E-state index is -0.521. The summed E-state index contributed by atoms with van der Waals surface area (Å²) in [4.78, 5) is 0. The summed E-state index contributed by atoms with van der Waals surface area (Å²) in [6, 6.07) is 4.47. The van der Waals surface area contributed by atoms with Crippen LogP contribution in [0.4, 0.5) is 4.39 Å². The zero-order chi connectivity index (χ0) is 13.3. The van der Waals surface area contributed by atoms with Gasteiger partial charge in [-0.25, -0.2) is 4.39 Å². The Hall–Kier alpha value is -1.10. The second-order valence-corrected chi connectivity index (χ2v) is 5.02. The van der Waals surface area contributed by atoms with Crippen LogP contribution in [0.15, 0.2) is 18.2 Å². The molecule has 1 aromatic heterocycles. The highest BCUT2D eigenvalue weighted by molar-refractivity contribution is 6.36. The Morgan fingerprint density at radius 2 is 2.06 bits per heavy atom. The lowest BCUT2D eigenvalue weighted by atomic mass is 10.1. The molecule has 0 aliphatic heterocycles. The Kier molecular flexibility index (Phi) is 3.90. The van der Waals surface area contributed by atoms with Gasteiger partial charge in [-0.15, -0.1) is 0 Å². The molecule has 0 radical (unpaired) electrons. The summed E-state index contributed by atoms with van der Waals surface area (Å²) in [5, 5.41) is 7.31. The van der Waals surface area contributed by atoms with Crippen molar-refractivity contribution in [3.8, 4) is 11.3 Å². The van der Waals surface area contributed by atoms with Crippen LogP contribution >= 0.6 is 23.2 Å². The first-order chi connectivity index (χ1) is 8.47. The maximum absolute atomic E-state index is 13.4. The molecule has 0 bridgehead atoms. The summed E-state index contributed by atoms with van der Waals surface area (Å²) < 4.78 is 13.4. The monoisotopic (exact) mass is 287 g/mol. The van der Waals surface area contributed by atoms with Crippen molar-refractivity contribution in [1.82, 2.24) is 10.2 Å². The predicted molar refractivity (Wildman–Crippen MR) is 71.4 cm³/mol. The van der Waals surface area contributed by atoms with E-state index in [2.05, 4.69) is 10.2 Å². The highest BCUT2D eigenvalue weighted by atomic mass is 35.5. The molecule has 0 saturated heterocycles. The van der Waals surface area contributed by atoms with Crippen LogP contribution in [0.1, 0.15) is 12.6 Å². The third-order valence-corrected chi connectivity index (χ3v) is 3.06. The number of nitrogens with two attached hydrogens (primary N) is 1. The minimum absolute atomic E-state index is 0.00455. The summed E-state index contributed by atoms with van der Waals surface area (Å²) in [5.41, 5.74) is 7.66. The summed E-state index contributed by atoms with van der Waals surface area (Å²) in [6.45, 7) is 1.90. The number of hydrogen-bond acceptors (Lipinski definition) is 2. The van der Waals surface area contributed by atoms with Crippen molar-refractivity contribution < 1.29 is 4.39 Å². The van der Waals surface area contributed by atoms with Crippen LogP contribution in [0.2, 0.25) is 10.0 Å². The molecule has 18 heavy (non-hydrogen) atoms. The molecule has 0 fully saturated rings. The van der Waals surface area contributed by atoms with E-state index in [1.807, 2.05) is 6.92 Å². The zero-order valence-electron chi connectivity index (χ0n) is 9.67. The molecule has 3 N–H and O–H groups in total. The van der Waals surface area contributed by atoms with Gasteiger partial charge in [-0.05, 0) is 25.1 Å². The zero-order valence-corrected chi connectivity index (χ0v) is 11.2. The SMILES string of the molecule is CC(N)Cc1cc(-c2cc(F)c(Cl)cc2Cl)n[nH]1. The molecule has 2 rings (SSSR count). The second-order valence-electron chi connectivity index (χ2n) is 4.21. The first kappa shape index (κ1) is 13.3. The molecule has 1 aromatic carbocycles. The van der Waals surface area contributed by atoms with Crippen LogP contribution in [0.5, 0.6) is 0 Å². The molecule has 0 aliphatic rings. The van der Waals surface area contributed by atoms with E-state index in [1.54, 1.807) is 6.07 Å². The summed E-state index contributed by atoms with van der Waals surface area (Å²) in [5.74, 6) is -0.521. The number of benzene rings is 1. The number of rotatable bonds is 3. The molecule has 0 saturated carbocycles. The molecule has 0 amide bonds. The van der Waals surface area contributed by atoms with Gasteiger partial charge in [-0.3, -0.25) is 5.10 Å². The van der Waals surface area contributed by atoms with Gasteiger partial charge in [0.15, 0.2) is 0 Å². The van der Waals surface area contributed by atoms with E-state index < -0.39 is 5.82 Å². The lowest BCUT2D eigenvalue weighted by Crippen LogP contribution is -2.17. The third kappa shape index (κ3) is 2.83. The summed E-state index contributed by atoms with van der Waals surface area (Å²) in [7, 11) is 0. The van der Waals surface area contributed by atoms with Gasteiger partial charge in [0.1, 0.15) is 5.82 Å². The molecule has 0 aliphatic carbocycles. The lowest BCUT2D eigenvalue weighted by molar-refractivity contribution is 0.628. The van der Waals surface area contributed by atoms with Crippen molar-refractivity contribution in [2.24, 2.45) is 5.73 Å². The first-order valence-electron chi connectivity index (χ1n) is 5.42. The van der Waals surface area contributed by atoms with Crippen molar-refractivity contribution in [2.45, 2.75) is 19.4 Å². The second kappa shape index (κ2) is 5.26. The predicted octanol–water partition coefficient (Wildman–Crippen LogP) is 3.41. The Labute approximate surface area is 114 Å². The smallest absolute Gasteiger partial charge is 0.142 e. The largest absolute Gasteiger partial charge is 0.328 e. The van der Waals surface area contributed by atoms with Gasteiger partial charge in [0.05, 0.1) is 15.7 Å². The minimum Gasteiger partial charge on any atom is -0.328 e. The van der Waals surface area contributed by atoms with E-state index in [-0.39, 0.29) is 11.1 Å². The van der Waals surface area contributed by atoms with Crippen LogP contribution < -0.4 is 5.73 Å². The molecule has 6 heteroatoms. The van der Waals surface area contributed by atoms with E-state index in [0.717, 1.165) is 5.69 Å². The van der Waals surface area contributed by atoms with Crippen LogP contribution in [-0.2, 0) is 6.42 Å². The van der Waals surface area contributed by atoms with Crippen LogP contribution in [0.25, 0.3) is 11.3 Å². The Bertz CT molecular complexity index is 566. The maximum atomic E-state index is 13.4. The van der Waals surface area contributed by atoms with E-state index in [9.17, 15) is 4.39 Å². The molecule has 3 nitrogen and oxygen atoms in total. The fourth-order valence-corrected chi connectivity index (χ4v) is 2.15. The molecule has 0 spiro atoms. The number of hydrogen-bond donors (Lipinski definition) is 2. The van der Waals surface area contributed by atoms with Crippen LogP contribution in [0.3, 0.4) is 0 Å².